The van der Waals surface area contributed by atoms with E-state index in [1.807, 2.05) is 0 Å². The van der Waals surface area contributed by atoms with Crippen LogP contribution in [-0.4, -0.2) is 4.98 Å². The molecule has 0 amide bonds. The number of aromatic nitrogens is 1. The third kappa shape index (κ3) is 2.44. The summed E-state index contributed by atoms with van der Waals surface area (Å²) in [5, 5.41) is 10.1. The van der Waals surface area contributed by atoms with Gasteiger partial charge in [0.2, 0.25) is 0 Å². The minimum absolute atomic E-state index is 0.221. The van der Waals surface area contributed by atoms with Gasteiger partial charge < -0.3 is 0 Å². The Morgan fingerprint density at radius 2 is 1.72 bits per heavy atom. The predicted octanol–water partition coefficient (Wildman–Crippen LogP) is 4.77. The van der Waals surface area contributed by atoms with Crippen molar-refractivity contribution in [3.63, 3.8) is 0 Å². The van der Waals surface area contributed by atoms with E-state index in [4.69, 9.17) is 40.1 Å². The molecule has 0 saturated carbocycles. The van der Waals surface area contributed by atoms with E-state index in [-0.39, 0.29) is 11.6 Å². The van der Waals surface area contributed by atoms with Crippen LogP contribution in [0.3, 0.4) is 0 Å². The fraction of sp³-hybridized carbons (Fsp3) is 0.0769. The highest BCUT2D eigenvalue weighted by atomic mass is 35.5. The van der Waals surface area contributed by atoms with E-state index < -0.39 is 0 Å². The highest BCUT2D eigenvalue weighted by Crippen LogP contribution is 2.39. The quantitative estimate of drug-likeness (QED) is 0.748. The molecule has 1 aromatic carbocycles. The molecule has 90 valence electrons. The Bertz CT molecular complexity index is 612. The van der Waals surface area contributed by atoms with Crippen LogP contribution in [0.25, 0.3) is 11.1 Å². The molecular weight excluding hydrogens is 291 g/mol. The van der Waals surface area contributed by atoms with Gasteiger partial charge in [0, 0.05) is 17.3 Å². The summed E-state index contributed by atoms with van der Waals surface area (Å²) in [4.78, 5) is 4.02. The molecular formula is C13H7Cl3N2. The van der Waals surface area contributed by atoms with Crippen molar-refractivity contribution in [3.05, 3.63) is 51.2 Å². The number of nitrogens with zero attached hydrogens (tertiary/aromatic N) is 2. The summed E-state index contributed by atoms with van der Waals surface area (Å²) in [5.74, 6) is 0. The van der Waals surface area contributed by atoms with Crippen molar-refractivity contribution in [2.75, 3.05) is 0 Å². The zero-order valence-corrected chi connectivity index (χ0v) is 11.4. The molecule has 0 saturated heterocycles. The summed E-state index contributed by atoms with van der Waals surface area (Å²) < 4.78 is 0. The summed E-state index contributed by atoms with van der Waals surface area (Å²) in [6, 6.07) is 9.03. The summed E-state index contributed by atoms with van der Waals surface area (Å²) in [7, 11) is 0. The number of nitriles is 1. The van der Waals surface area contributed by atoms with Crippen LogP contribution >= 0.6 is 34.8 Å². The fourth-order valence-electron chi connectivity index (χ4n) is 1.71. The average Bonchev–Trinajstić information content (AvgIpc) is 2.32. The number of rotatable bonds is 2. The summed E-state index contributed by atoms with van der Waals surface area (Å²) >= 11 is 18.4. The lowest BCUT2D eigenvalue weighted by Gasteiger charge is -2.12. The van der Waals surface area contributed by atoms with Gasteiger partial charge >= 0.3 is 0 Å². The zero-order chi connectivity index (χ0) is 13.1. The molecule has 0 aliphatic rings. The zero-order valence-electron chi connectivity index (χ0n) is 9.12. The summed E-state index contributed by atoms with van der Waals surface area (Å²) in [6.07, 6.45) is 1.78. The van der Waals surface area contributed by atoms with Crippen LogP contribution in [-0.2, 0) is 6.42 Å². The van der Waals surface area contributed by atoms with Crippen molar-refractivity contribution in [2.24, 2.45) is 0 Å². The lowest BCUT2D eigenvalue weighted by Crippen LogP contribution is -1.93. The van der Waals surface area contributed by atoms with Crippen molar-refractivity contribution < 1.29 is 0 Å². The van der Waals surface area contributed by atoms with Crippen molar-refractivity contribution in [3.8, 4) is 17.2 Å². The monoisotopic (exact) mass is 296 g/mol. The smallest absolute Gasteiger partial charge is 0.137 e. The van der Waals surface area contributed by atoms with Gasteiger partial charge in [-0.2, -0.15) is 5.26 Å². The van der Waals surface area contributed by atoms with Gasteiger partial charge in [0.1, 0.15) is 5.15 Å². The minimum Gasteiger partial charge on any atom is -0.244 e. The molecule has 2 nitrogen and oxygen atoms in total. The van der Waals surface area contributed by atoms with E-state index in [9.17, 15) is 0 Å². The molecule has 0 bridgehead atoms. The van der Waals surface area contributed by atoms with Crippen LogP contribution < -0.4 is 0 Å². The first-order valence-electron chi connectivity index (χ1n) is 5.10. The Morgan fingerprint density at radius 1 is 1.06 bits per heavy atom. The van der Waals surface area contributed by atoms with Crippen molar-refractivity contribution in [2.45, 2.75) is 6.42 Å². The number of hydrogen-bond acceptors (Lipinski definition) is 2. The van der Waals surface area contributed by atoms with Crippen LogP contribution in [0.1, 0.15) is 5.56 Å². The van der Waals surface area contributed by atoms with E-state index in [0.29, 0.717) is 21.2 Å². The van der Waals surface area contributed by atoms with Crippen molar-refractivity contribution >= 4 is 34.8 Å². The molecule has 0 radical (unpaired) electrons. The molecule has 1 aromatic heterocycles. The van der Waals surface area contributed by atoms with Gasteiger partial charge in [-0.25, -0.2) is 4.98 Å². The molecule has 0 N–H and O–H groups in total. The van der Waals surface area contributed by atoms with Gasteiger partial charge in [0.25, 0.3) is 0 Å². The van der Waals surface area contributed by atoms with Gasteiger partial charge in [0.05, 0.1) is 22.5 Å². The number of halogens is 3. The highest BCUT2D eigenvalue weighted by molar-refractivity contribution is 6.41. The maximum absolute atomic E-state index is 8.84. The molecule has 2 rings (SSSR count). The van der Waals surface area contributed by atoms with Crippen LogP contribution in [0.5, 0.6) is 0 Å². The van der Waals surface area contributed by atoms with Gasteiger partial charge in [0.15, 0.2) is 0 Å². The van der Waals surface area contributed by atoms with E-state index in [1.54, 1.807) is 30.5 Å². The van der Waals surface area contributed by atoms with Gasteiger partial charge in [-0.05, 0) is 23.8 Å². The van der Waals surface area contributed by atoms with Gasteiger partial charge in [-0.15, -0.1) is 0 Å². The SMILES string of the molecule is N#CCc1ccnc(Cl)c1-c1c(Cl)cccc1Cl. The maximum atomic E-state index is 8.84. The first kappa shape index (κ1) is 13.2. The lowest BCUT2D eigenvalue weighted by molar-refractivity contribution is 1.21. The Morgan fingerprint density at radius 3 is 2.33 bits per heavy atom. The van der Waals surface area contributed by atoms with Gasteiger partial charge in [-0.3, -0.25) is 0 Å². The molecule has 0 atom stereocenters. The Kier molecular flexibility index (Phi) is 4.08. The number of pyridine rings is 1. The van der Waals surface area contributed by atoms with Crippen molar-refractivity contribution in [1.29, 1.82) is 5.26 Å². The molecule has 0 fully saturated rings. The lowest BCUT2D eigenvalue weighted by atomic mass is 10.00. The third-order valence-electron chi connectivity index (χ3n) is 2.47. The normalized spacial score (nSPS) is 10.1. The maximum Gasteiger partial charge on any atom is 0.137 e. The molecule has 0 unspecified atom stereocenters. The van der Waals surface area contributed by atoms with Crippen LogP contribution in [0.4, 0.5) is 0 Å². The van der Waals surface area contributed by atoms with Gasteiger partial charge in [-0.1, -0.05) is 40.9 Å². The standard InChI is InChI=1S/C13H7Cl3N2/c14-9-2-1-3-10(15)12(9)11-8(4-6-17)5-7-18-13(11)16/h1-3,5,7H,4H2. The second-order valence-electron chi connectivity index (χ2n) is 3.57. The van der Waals surface area contributed by atoms with Crippen molar-refractivity contribution in [1.82, 2.24) is 4.98 Å². The molecule has 18 heavy (non-hydrogen) atoms. The first-order valence-corrected chi connectivity index (χ1v) is 6.23. The Hall–Kier alpha value is -1.27. The molecule has 5 heteroatoms. The number of hydrogen-bond donors (Lipinski definition) is 0. The molecule has 1 heterocycles. The fourth-order valence-corrected chi connectivity index (χ4v) is 2.56. The first-order chi connectivity index (χ1) is 8.65. The predicted molar refractivity (Wildman–Crippen MR) is 74.0 cm³/mol. The van der Waals surface area contributed by atoms with Crippen LogP contribution in [0, 0.1) is 11.3 Å². The Balaban J connectivity index is 2.75. The third-order valence-corrected chi connectivity index (χ3v) is 3.39. The second-order valence-corrected chi connectivity index (χ2v) is 4.74. The summed E-state index contributed by atoms with van der Waals surface area (Å²) in [6.45, 7) is 0. The topological polar surface area (TPSA) is 36.7 Å². The largest absolute Gasteiger partial charge is 0.244 e. The van der Waals surface area contributed by atoms with E-state index in [2.05, 4.69) is 11.1 Å². The molecule has 0 spiro atoms. The number of benzene rings is 1. The van der Waals surface area contributed by atoms with Crippen LogP contribution in [0.2, 0.25) is 15.2 Å². The molecule has 0 aliphatic carbocycles. The molecule has 0 aliphatic heterocycles. The second kappa shape index (κ2) is 5.58. The van der Waals surface area contributed by atoms with Crippen LogP contribution in [0.15, 0.2) is 30.5 Å². The Labute approximate surface area is 120 Å². The average molecular weight is 298 g/mol. The summed E-state index contributed by atoms with van der Waals surface area (Å²) in [5.41, 5.74) is 1.99. The highest BCUT2D eigenvalue weighted by Gasteiger charge is 2.16. The van der Waals surface area contributed by atoms with E-state index >= 15 is 0 Å². The molecule has 2 aromatic rings. The van der Waals surface area contributed by atoms with E-state index in [0.717, 1.165) is 5.56 Å². The minimum atomic E-state index is 0.221. The van der Waals surface area contributed by atoms with E-state index in [1.165, 1.54) is 0 Å².